The first-order valence-corrected chi connectivity index (χ1v) is 5.96. The van der Waals surface area contributed by atoms with Crippen LogP contribution in [0.4, 0.5) is 10.1 Å². The van der Waals surface area contributed by atoms with Gasteiger partial charge in [0.25, 0.3) is 0 Å². The predicted octanol–water partition coefficient (Wildman–Crippen LogP) is 3.16. The van der Waals surface area contributed by atoms with Crippen molar-refractivity contribution >= 4 is 17.7 Å². The van der Waals surface area contributed by atoms with Crippen molar-refractivity contribution in [3.63, 3.8) is 0 Å². The second kappa shape index (κ2) is 6.79. The summed E-state index contributed by atoms with van der Waals surface area (Å²) in [5.41, 5.74) is 1.42. The van der Waals surface area contributed by atoms with Gasteiger partial charge < -0.3 is 10.0 Å². The Kier molecular flexibility index (Phi) is 5.36. The zero-order valence-electron chi connectivity index (χ0n) is 10.7. The summed E-state index contributed by atoms with van der Waals surface area (Å²) in [6.07, 6.45) is 4.55. The Hall–Kier alpha value is -1.84. The third-order valence-corrected chi connectivity index (χ3v) is 2.65. The summed E-state index contributed by atoms with van der Waals surface area (Å²) in [4.78, 5) is 12.5. The molecule has 0 amide bonds. The molecular weight excluding hydrogens is 233 g/mol. The first-order valence-electron chi connectivity index (χ1n) is 5.96. The van der Waals surface area contributed by atoms with E-state index in [1.165, 1.54) is 18.2 Å². The fourth-order valence-electron chi connectivity index (χ4n) is 1.68. The van der Waals surface area contributed by atoms with Gasteiger partial charge in [-0.2, -0.15) is 0 Å². The van der Waals surface area contributed by atoms with Gasteiger partial charge in [0.2, 0.25) is 0 Å². The van der Waals surface area contributed by atoms with Crippen LogP contribution in [0.25, 0.3) is 6.08 Å². The van der Waals surface area contributed by atoms with E-state index >= 15 is 0 Å². The number of carboxylic acid groups (broad SMARTS) is 1. The third kappa shape index (κ3) is 4.20. The molecule has 0 bridgehead atoms. The van der Waals surface area contributed by atoms with E-state index in [2.05, 4.69) is 6.92 Å². The van der Waals surface area contributed by atoms with Crippen LogP contribution in [0.3, 0.4) is 0 Å². The molecule has 0 saturated carbocycles. The number of halogens is 1. The first kappa shape index (κ1) is 14.2. The van der Waals surface area contributed by atoms with Crippen LogP contribution in [0.1, 0.15) is 25.3 Å². The SMILES string of the molecule is CCCCN(C)c1ccc(F)cc1/C=C/C(=O)O. The van der Waals surface area contributed by atoms with Crippen molar-refractivity contribution in [3.05, 3.63) is 35.7 Å². The van der Waals surface area contributed by atoms with E-state index in [1.807, 2.05) is 11.9 Å². The molecule has 0 radical (unpaired) electrons. The number of carbonyl (C=O) groups is 1. The minimum absolute atomic E-state index is 0.368. The molecule has 0 aromatic heterocycles. The molecular formula is C14H18FNO2. The lowest BCUT2D eigenvalue weighted by Gasteiger charge is -2.21. The van der Waals surface area contributed by atoms with Crippen molar-refractivity contribution in [1.82, 2.24) is 0 Å². The zero-order valence-corrected chi connectivity index (χ0v) is 10.7. The van der Waals surface area contributed by atoms with E-state index in [-0.39, 0.29) is 5.82 Å². The van der Waals surface area contributed by atoms with E-state index in [9.17, 15) is 9.18 Å². The molecule has 0 saturated heterocycles. The summed E-state index contributed by atoms with van der Waals surface area (Å²) in [5.74, 6) is -1.41. The van der Waals surface area contributed by atoms with Gasteiger partial charge in [0.1, 0.15) is 5.82 Å². The van der Waals surface area contributed by atoms with Crippen LogP contribution in [-0.2, 0) is 4.79 Å². The Balaban J connectivity index is 2.98. The Morgan fingerprint density at radius 3 is 2.83 bits per heavy atom. The van der Waals surface area contributed by atoms with Gasteiger partial charge in [-0.1, -0.05) is 13.3 Å². The smallest absolute Gasteiger partial charge is 0.328 e. The second-order valence-electron chi connectivity index (χ2n) is 4.15. The van der Waals surface area contributed by atoms with Gasteiger partial charge in [-0.3, -0.25) is 0 Å². The maximum atomic E-state index is 13.2. The number of carboxylic acids is 1. The summed E-state index contributed by atoms with van der Waals surface area (Å²) in [6.45, 7) is 2.96. The van der Waals surface area contributed by atoms with E-state index in [4.69, 9.17) is 5.11 Å². The molecule has 1 rings (SSSR count). The van der Waals surface area contributed by atoms with Crippen LogP contribution >= 0.6 is 0 Å². The lowest BCUT2D eigenvalue weighted by molar-refractivity contribution is -0.131. The summed E-state index contributed by atoms with van der Waals surface area (Å²) in [6, 6.07) is 4.40. The molecule has 1 N–H and O–H groups in total. The van der Waals surface area contributed by atoms with E-state index in [1.54, 1.807) is 6.07 Å². The van der Waals surface area contributed by atoms with Crippen LogP contribution in [0.5, 0.6) is 0 Å². The Morgan fingerprint density at radius 2 is 2.22 bits per heavy atom. The fourth-order valence-corrected chi connectivity index (χ4v) is 1.68. The normalized spacial score (nSPS) is 10.8. The summed E-state index contributed by atoms with van der Waals surface area (Å²) in [5, 5.41) is 8.62. The second-order valence-corrected chi connectivity index (χ2v) is 4.15. The van der Waals surface area contributed by atoms with E-state index in [0.29, 0.717) is 5.56 Å². The largest absolute Gasteiger partial charge is 0.478 e. The van der Waals surface area contributed by atoms with Crippen LogP contribution < -0.4 is 4.90 Å². The number of anilines is 1. The minimum Gasteiger partial charge on any atom is -0.478 e. The van der Waals surface area contributed by atoms with Crippen molar-refractivity contribution in [2.75, 3.05) is 18.5 Å². The quantitative estimate of drug-likeness (QED) is 0.789. The third-order valence-electron chi connectivity index (χ3n) is 2.65. The number of nitrogens with zero attached hydrogens (tertiary/aromatic N) is 1. The van der Waals surface area contributed by atoms with Gasteiger partial charge in [-0.15, -0.1) is 0 Å². The number of hydrogen-bond donors (Lipinski definition) is 1. The van der Waals surface area contributed by atoms with Crippen LogP contribution in [0.15, 0.2) is 24.3 Å². The highest BCUT2D eigenvalue weighted by atomic mass is 19.1. The molecule has 0 fully saturated rings. The van der Waals surface area contributed by atoms with Gasteiger partial charge in [0.15, 0.2) is 0 Å². The minimum atomic E-state index is -1.04. The van der Waals surface area contributed by atoms with Gasteiger partial charge in [-0.05, 0) is 30.7 Å². The van der Waals surface area contributed by atoms with Crippen molar-refractivity contribution in [2.24, 2.45) is 0 Å². The Labute approximate surface area is 107 Å². The molecule has 0 aliphatic heterocycles. The number of benzene rings is 1. The molecule has 98 valence electrons. The molecule has 0 heterocycles. The van der Waals surface area contributed by atoms with Gasteiger partial charge in [0, 0.05) is 30.9 Å². The van der Waals surface area contributed by atoms with E-state index in [0.717, 1.165) is 31.1 Å². The highest BCUT2D eigenvalue weighted by Crippen LogP contribution is 2.22. The lowest BCUT2D eigenvalue weighted by Crippen LogP contribution is -2.19. The molecule has 0 aliphatic carbocycles. The molecule has 0 spiro atoms. The van der Waals surface area contributed by atoms with Crippen LogP contribution in [-0.4, -0.2) is 24.7 Å². The molecule has 1 aromatic carbocycles. The first-order chi connectivity index (χ1) is 8.54. The molecule has 0 aliphatic rings. The number of unbranched alkanes of at least 4 members (excludes halogenated alkanes) is 1. The van der Waals surface area contributed by atoms with Crippen molar-refractivity contribution < 1.29 is 14.3 Å². The topological polar surface area (TPSA) is 40.5 Å². The fraction of sp³-hybridized carbons (Fsp3) is 0.357. The highest BCUT2D eigenvalue weighted by Gasteiger charge is 2.06. The van der Waals surface area contributed by atoms with Gasteiger partial charge in [-0.25, -0.2) is 9.18 Å². The number of hydrogen-bond acceptors (Lipinski definition) is 2. The average molecular weight is 251 g/mol. The zero-order chi connectivity index (χ0) is 13.5. The summed E-state index contributed by atoms with van der Waals surface area (Å²) < 4.78 is 13.2. The summed E-state index contributed by atoms with van der Waals surface area (Å²) >= 11 is 0. The molecule has 0 unspecified atom stereocenters. The Bertz CT molecular complexity index is 443. The van der Waals surface area contributed by atoms with Crippen LogP contribution in [0, 0.1) is 5.82 Å². The monoisotopic (exact) mass is 251 g/mol. The summed E-state index contributed by atoms with van der Waals surface area (Å²) in [7, 11) is 1.92. The van der Waals surface area contributed by atoms with Crippen molar-refractivity contribution in [2.45, 2.75) is 19.8 Å². The molecule has 0 atom stereocenters. The van der Waals surface area contributed by atoms with Crippen molar-refractivity contribution in [3.8, 4) is 0 Å². The maximum Gasteiger partial charge on any atom is 0.328 e. The van der Waals surface area contributed by atoms with Gasteiger partial charge >= 0.3 is 5.97 Å². The Morgan fingerprint density at radius 1 is 1.50 bits per heavy atom. The highest BCUT2D eigenvalue weighted by molar-refractivity contribution is 5.87. The lowest BCUT2D eigenvalue weighted by atomic mass is 10.1. The van der Waals surface area contributed by atoms with Crippen LogP contribution in [0.2, 0.25) is 0 Å². The molecule has 1 aromatic rings. The maximum absolute atomic E-state index is 13.2. The number of rotatable bonds is 6. The predicted molar refractivity (Wildman–Crippen MR) is 71.2 cm³/mol. The average Bonchev–Trinajstić information content (AvgIpc) is 2.33. The van der Waals surface area contributed by atoms with Gasteiger partial charge in [0.05, 0.1) is 0 Å². The molecule has 4 heteroatoms. The van der Waals surface area contributed by atoms with Crippen molar-refractivity contribution in [1.29, 1.82) is 0 Å². The number of aliphatic carboxylic acids is 1. The van der Waals surface area contributed by atoms with E-state index < -0.39 is 5.97 Å². The molecule has 18 heavy (non-hydrogen) atoms. The standard InChI is InChI=1S/C14H18FNO2/c1-3-4-9-16(2)13-7-6-12(15)10-11(13)5-8-14(17)18/h5-8,10H,3-4,9H2,1-2H3,(H,17,18)/b8-5+. The molecule has 3 nitrogen and oxygen atoms in total.